The van der Waals surface area contributed by atoms with Crippen molar-refractivity contribution in [2.75, 3.05) is 11.9 Å². The summed E-state index contributed by atoms with van der Waals surface area (Å²) in [7, 11) is 0. The summed E-state index contributed by atoms with van der Waals surface area (Å²) in [5, 5.41) is 18.9. The molecule has 2 atom stereocenters. The van der Waals surface area contributed by atoms with E-state index in [1.807, 2.05) is 6.92 Å². The number of benzene rings is 1. The van der Waals surface area contributed by atoms with E-state index in [1.165, 1.54) is 18.3 Å². The van der Waals surface area contributed by atoms with E-state index in [-0.39, 0.29) is 30.8 Å². The maximum absolute atomic E-state index is 12.6. The molecule has 0 spiro atoms. The first-order chi connectivity index (χ1) is 14.4. The number of ketones is 1. The van der Waals surface area contributed by atoms with Gasteiger partial charge in [0.25, 0.3) is 0 Å². The van der Waals surface area contributed by atoms with Gasteiger partial charge < -0.3 is 21.1 Å². The fraction of sp³-hybridized carbons (Fsp3) is 0.429. The van der Waals surface area contributed by atoms with E-state index in [2.05, 4.69) is 20.9 Å². The molecule has 1 aliphatic heterocycles. The van der Waals surface area contributed by atoms with Crippen molar-refractivity contribution >= 4 is 47.0 Å². The summed E-state index contributed by atoms with van der Waals surface area (Å²) in [5.41, 5.74) is 1.68. The minimum absolute atomic E-state index is 0. The van der Waals surface area contributed by atoms with Crippen LogP contribution in [0.2, 0.25) is 0 Å². The Morgan fingerprint density at radius 3 is 2.48 bits per heavy atom. The predicted octanol–water partition coefficient (Wildman–Crippen LogP) is 2.51. The molecule has 0 saturated carbocycles. The summed E-state index contributed by atoms with van der Waals surface area (Å²) < 4.78 is 0. The number of thiazole rings is 1. The fourth-order valence-electron chi connectivity index (χ4n) is 3.41. The number of nitrogens with one attached hydrogen (secondary N) is 3. The molecule has 0 radical (unpaired) electrons. The molecule has 168 valence electrons. The maximum Gasteiger partial charge on any atom is 0.313 e. The van der Waals surface area contributed by atoms with E-state index in [4.69, 9.17) is 0 Å². The smallest absolute Gasteiger partial charge is 0.313 e. The SMILES string of the molecule is CC(=O)c1ccc(NC(=O)C(=O)NC(c2nc(C)c(CO)s2)C2CCCCN2)cc1.Cl. The molecule has 10 heteroatoms. The number of Topliss-reactive ketones (excluding diaryl/α,β-unsaturated/α-hetero) is 1. The van der Waals surface area contributed by atoms with Crippen LogP contribution in [0, 0.1) is 6.92 Å². The van der Waals surface area contributed by atoms with Crippen molar-refractivity contribution < 1.29 is 19.5 Å². The number of piperidine rings is 1. The highest BCUT2D eigenvalue weighted by atomic mass is 35.5. The van der Waals surface area contributed by atoms with Gasteiger partial charge in [0.15, 0.2) is 5.78 Å². The van der Waals surface area contributed by atoms with Gasteiger partial charge in [-0.15, -0.1) is 23.7 Å². The van der Waals surface area contributed by atoms with Crippen LogP contribution in [0.3, 0.4) is 0 Å². The van der Waals surface area contributed by atoms with Crippen LogP contribution in [0.5, 0.6) is 0 Å². The largest absolute Gasteiger partial charge is 0.391 e. The third-order valence-corrected chi connectivity index (χ3v) is 6.34. The Morgan fingerprint density at radius 1 is 1.23 bits per heavy atom. The van der Waals surface area contributed by atoms with Gasteiger partial charge in [-0.2, -0.15) is 0 Å². The van der Waals surface area contributed by atoms with Crippen LogP contribution >= 0.6 is 23.7 Å². The Morgan fingerprint density at radius 2 is 1.94 bits per heavy atom. The van der Waals surface area contributed by atoms with Crippen LogP contribution < -0.4 is 16.0 Å². The average Bonchev–Trinajstić information content (AvgIpc) is 3.13. The van der Waals surface area contributed by atoms with Crippen LogP contribution in [0.1, 0.15) is 58.2 Å². The van der Waals surface area contributed by atoms with Gasteiger partial charge in [0, 0.05) is 17.3 Å². The Kier molecular flexibility index (Phi) is 9.12. The number of aliphatic hydroxyl groups excluding tert-OH is 1. The molecule has 8 nitrogen and oxygen atoms in total. The van der Waals surface area contributed by atoms with Crippen molar-refractivity contribution in [2.45, 2.75) is 51.8 Å². The second-order valence-corrected chi connectivity index (χ2v) is 8.43. The zero-order valence-electron chi connectivity index (χ0n) is 17.4. The third-order valence-electron chi connectivity index (χ3n) is 5.11. The molecule has 2 amide bonds. The zero-order chi connectivity index (χ0) is 21.7. The molecule has 1 fully saturated rings. The van der Waals surface area contributed by atoms with Gasteiger partial charge in [0.2, 0.25) is 0 Å². The molecular formula is C21H27ClN4O4S. The molecule has 2 aromatic rings. The lowest BCUT2D eigenvalue weighted by molar-refractivity contribution is -0.136. The Bertz CT molecular complexity index is 926. The van der Waals surface area contributed by atoms with Gasteiger partial charge in [-0.1, -0.05) is 6.42 Å². The van der Waals surface area contributed by atoms with Gasteiger partial charge in [-0.25, -0.2) is 4.98 Å². The van der Waals surface area contributed by atoms with E-state index in [1.54, 1.807) is 24.3 Å². The van der Waals surface area contributed by atoms with Crippen molar-refractivity contribution in [1.29, 1.82) is 0 Å². The Balaban J connectivity index is 0.00000341. The standard InChI is InChI=1S/C21H26N4O4S.ClH/c1-12-17(11-26)30-21(23-12)18(16-5-3-4-10-22-16)25-20(29)19(28)24-15-8-6-14(7-9-15)13(2)27;/h6-9,16,18,22,26H,3-5,10-11H2,1-2H3,(H,24,28)(H,25,29);1H. The maximum atomic E-state index is 12.6. The van der Waals surface area contributed by atoms with Crippen molar-refractivity contribution in [3.8, 4) is 0 Å². The molecule has 4 N–H and O–H groups in total. The fourth-order valence-corrected chi connectivity index (χ4v) is 4.45. The highest BCUT2D eigenvalue weighted by Gasteiger charge is 2.31. The van der Waals surface area contributed by atoms with Gasteiger partial charge in [0.1, 0.15) is 5.01 Å². The third kappa shape index (κ3) is 6.33. The quantitative estimate of drug-likeness (QED) is 0.383. The lowest BCUT2D eigenvalue weighted by Crippen LogP contribution is -2.48. The molecular weight excluding hydrogens is 440 g/mol. The first-order valence-corrected chi connectivity index (χ1v) is 10.7. The van der Waals surface area contributed by atoms with Gasteiger partial charge in [0.05, 0.1) is 23.2 Å². The number of aliphatic hydroxyl groups is 1. The summed E-state index contributed by atoms with van der Waals surface area (Å²) >= 11 is 1.34. The number of nitrogens with zero attached hydrogens (tertiary/aromatic N) is 1. The highest BCUT2D eigenvalue weighted by Crippen LogP contribution is 2.29. The lowest BCUT2D eigenvalue weighted by Gasteiger charge is -2.30. The number of amides is 2. The predicted molar refractivity (Wildman–Crippen MR) is 122 cm³/mol. The number of aryl methyl sites for hydroxylation is 1. The van der Waals surface area contributed by atoms with Crippen LogP contribution in [0.15, 0.2) is 24.3 Å². The highest BCUT2D eigenvalue weighted by molar-refractivity contribution is 7.11. The van der Waals surface area contributed by atoms with Crippen molar-refractivity contribution in [2.24, 2.45) is 0 Å². The Labute approximate surface area is 191 Å². The molecule has 31 heavy (non-hydrogen) atoms. The molecule has 3 rings (SSSR count). The summed E-state index contributed by atoms with van der Waals surface area (Å²) in [5.74, 6) is -1.63. The summed E-state index contributed by atoms with van der Waals surface area (Å²) in [6.07, 6.45) is 2.94. The molecule has 1 aromatic carbocycles. The molecule has 2 heterocycles. The number of hydrogen-bond donors (Lipinski definition) is 4. The molecule has 1 aromatic heterocycles. The Hall–Kier alpha value is -2.33. The molecule has 2 unspecified atom stereocenters. The van der Waals surface area contributed by atoms with Crippen LogP contribution in [-0.4, -0.2) is 40.3 Å². The van der Waals surface area contributed by atoms with Crippen LogP contribution in [-0.2, 0) is 16.2 Å². The molecule has 1 saturated heterocycles. The number of hydrogen-bond acceptors (Lipinski definition) is 7. The van der Waals surface area contributed by atoms with E-state index >= 15 is 0 Å². The number of carbonyl (C=O) groups is 3. The number of halogens is 1. The average molecular weight is 467 g/mol. The first-order valence-electron chi connectivity index (χ1n) is 9.92. The number of carbonyl (C=O) groups excluding carboxylic acids is 3. The van der Waals surface area contributed by atoms with E-state index in [9.17, 15) is 19.5 Å². The topological polar surface area (TPSA) is 120 Å². The zero-order valence-corrected chi connectivity index (χ0v) is 19.1. The summed E-state index contributed by atoms with van der Waals surface area (Å²) in [4.78, 5) is 41.7. The van der Waals surface area contributed by atoms with E-state index in [0.717, 1.165) is 36.4 Å². The first kappa shape index (κ1) is 24.9. The summed E-state index contributed by atoms with van der Waals surface area (Å²) in [6.45, 7) is 4.00. The monoisotopic (exact) mass is 466 g/mol. The molecule has 0 aliphatic carbocycles. The van der Waals surface area contributed by atoms with Gasteiger partial charge in [-0.3, -0.25) is 14.4 Å². The number of aromatic nitrogens is 1. The van der Waals surface area contributed by atoms with E-state index < -0.39 is 17.9 Å². The van der Waals surface area contributed by atoms with Crippen molar-refractivity contribution in [1.82, 2.24) is 15.6 Å². The lowest BCUT2D eigenvalue weighted by atomic mass is 9.98. The minimum Gasteiger partial charge on any atom is -0.391 e. The normalized spacial score (nSPS) is 16.7. The second-order valence-electron chi connectivity index (χ2n) is 7.31. The second kappa shape index (κ2) is 11.3. The molecule has 0 bridgehead atoms. The summed E-state index contributed by atoms with van der Waals surface area (Å²) in [6, 6.07) is 5.85. The van der Waals surface area contributed by atoms with Crippen molar-refractivity contribution in [3.05, 3.63) is 45.4 Å². The van der Waals surface area contributed by atoms with Gasteiger partial charge >= 0.3 is 11.8 Å². The number of anilines is 1. The van der Waals surface area contributed by atoms with E-state index in [0.29, 0.717) is 16.3 Å². The van der Waals surface area contributed by atoms with Crippen LogP contribution in [0.4, 0.5) is 5.69 Å². The number of rotatable bonds is 6. The minimum atomic E-state index is -0.790. The van der Waals surface area contributed by atoms with Crippen molar-refractivity contribution in [3.63, 3.8) is 0 Å². The van der Waals surface area contributed by atoms with Crippen LogP contribution in [0.25, 0.3) is 0 Å². The van der Waals surface area contributed by atoms with Gasteiger partial charge in [-0.05, 0) is 57.5 Å². The molecule has 1 aliphatic rings.